The van der Waals surface area contributed by atoms with Gasteiger partial charge in [0.05, 0.1) is 19.3 Å². The molecule has 1 unspecified atom stereocenters. The van der Waals surface area contributed by atoms with Gasteiger partial charge in [-0.05, 0) is 31.0 Å². The Morgan fingerprint density at radius 3 is 2.65 bits per heavy atom. The number of hydrogen-bond acceptors (Lipinski definition) is 4. The topological polar surface area (TPSA) is 61.7 Å². The summed E-state index contributed by atoms with van der Waals surface area (Å²) in [6.07, 6.45) is 0. The van der Waals surface area contributed by atoms with Crippen molar-refractivity contribution in [1.29, 1.82) is 0 Å². The van der Waals surface area contributed by atoms with Crippen LogP contribution in [-0.2, 0) is 6.54 Å². The molecule has 0 aliphatic heterocycles. The normalized spacial score (nSPS) is 14.4. The molecule has 3 N–H and O–H groups in total. The van der Waals surface area contributed by atoms with Crippen molar-refractivity contribution >= 4 is 0 Å². The molecule has 0 saturated carbocycles. The van der Waals surface area contributed by atoms with Gasteiger partial charge in [-0.3, -0.25) is 0 Å². The molecule has 1 rings (SSSR count). The molecular weight excluding hydrogens is 218 g/mol. The highest BCUT2D eigenvalue weighted by Gasteiger charge is 2.17. The Morgan fingerprint density at radius 2 is 2.12 bits per heavy atom. The fraction of sp³-hybridized carbons (Fsp3) is 0.538. The van der Waals surface area contributed by atoms with E-state index in [-0.39, 0.29) is 6.61 Å². The summed E-state index contributed by atoms with van der Waals surface area (Å²) in [5.74, 6) is 0.871. The molecule has 1 aromatic rings. The molecule has 0 aliphatic rings. The first-order valence-corrected chi connectivity index (χ1v) is 5.66. The van der Waals surface area contributed by atoms with Crippen molar-refractivity contribution in [2.75, 3.05) is 20.3 Å². The second kappa shape index (κ2) is 6.00. The number of nitrogens with one attached hydrogen (secondary N) is 1. The Morgan fingerprint density at radius 1 is 1.41 bits per heavy atom. The fourth-order valence-corrected chi connectivity index (χ4v) is 1.58. The van der Waals surface area contributed by atoms with Crippen LogP contribution in [0.5, 0.6) is 5.75 Å². The van der Waals surface area contributed by atoms with Gasteiger partial charge in [0.15, 0.2) is 0 Å². The molecule has 0 bridgehead atoms. The lowest BCUT2D eigenvalue weighted by Gasteiger charge is -2.20. The lowest BCUT2D eigenvalue weighted by molar-refractivity contribution is 0.00254. The molecule has 4 heteroatoms. The van der Waals surface area contributed by atoms with E-state index in [9.17, 15) is 5.11 Å². The van der Waals surface area contributed by atoms with E-state index >= 15 is 0 Å². The third-order valence-electron chi connectivity index (χ3n) is 2.63. The molecule has 1 atom stereocenters. The monoisotopic (exact) mass is 239 g/mol. The summed E-state index contributed by atoms with van der Waals surface area (Å²) in [7, 11) is 1.65. The zero-order chi connectivity index (χ0) is 12.9. The zero-order valence-corrected chi connectivity index (χ0v) is 10.7. The van der Waals surface area contributed by atoms with E-state index < -0.39 is 5.60 Å². The minimum atomic E-state index is -1.07. The number of aliphatic hydroxyl groups excluding tert-OH is 1. The van der Waals surface area contributed by atoms with Crippen molar-refractivity contribution in [1.82, 2.24) is 5.32 Å². The van der Waals surface area contributed by atoms with Crippen LogP contribution in [0.1, 0.15) is 18.1 Å². The third-order valence-corrected chi connectivity index (χ3v) is 2.63. The number of aryl methyl sites for hydroxylation is 1. The molecule has 0 spiro atoms. The number of benzene rings is 1. The van der Waals surface area contributed by atoms with E-state index in [0.29, 0.717) is 13.1 Å². The molecule has 17 heavy (non-hydrogen) atoms. The molecular formula is C13H21NO3. The minimum absolute atomic E-state index is 0.248. The maximum Gasteiger partial charge on any atom is 0.121 e. The quantitative estimate of drug-likeness (QED) is 0.688. The molecule has 0 aromatic heterocycles. The second-order valence-corrected chi connectivity index (χ2v) is 4.56. The van der Waals surface area contributed by atoms with Crippen LogP contribution in [0.4, 0.5) is 0 Å². The van der Waals surface area contributed by atoms with Crippen molar-refractivity contribution in [2.45, 2.75) is 26.0 Å². The third kappa shape index (κ3) is 4.34. The summed E-state index contributed by atoms with van der Waals surface area (Å²) < 4.78 is 5.18. The Balaban J connectivity index is 2.50. The van der Waals surface area contributed by atoms with Gasteiger partial charge in [-0.15, -0.1) is 0 Å². The Hall–Kier alpha value is -1.10. The first-order valence-electron chi connectivity index (χ1n) is 5.66. The number of hydrogen-bond donors (Lipinski definition) is 3. The van der Waals surface area contributed by atoms with E-state index in [1.807, 2.05) is 25.1 Å². The van der Waals surface area contributed by atoms with E-state index in [2.05, 4.69) is 5.32 Å². The van der Waals surface area contributed by atoms with E-state index in [4.69, 9.17) is 9.84 Å². The van der Waals surface area contributed by atoms with Gasteiger partial charge in [-0.1, -0.05) is 12.1 Å². The largest absolute Gasteiger partial charge is 0.496 e. The zero-order valence-electron chi connectivity index (χ0n) is 10.7. The average Bonchev–Trinajstić information content (AvgIpc) is 2.29. The van der Waals surface area contributed by atoms with Crippen LogP contribution >= 0.6 is 0 Å². The highest BCUT2D eigenvalue weighted by Crippen LogP contribution is 2.18. The molecule has 1 aromatic carbocycles. The van der Waals surface area contributed by atoms with Crippen LogP contribution in [0.25, 0.3) is 0 Å². The number of aliphatic hydroxyl groups is 2. The molecule has 0 amide bonds. The van der Waals surface area contributed by atoms with Gasteiger partial charge < -0.3 is 20.3 Å². The van der Waals surface area contributed by atoms with Crippen molar-refractivity contribution < 1.29 is 14.9 Å². The smallest absolute Gasteiger partial charge is 0.121 e. The summed E-state index contributed by atoms with van der Waals surface area (Å²) in [4.78, 5) is 0. The number of methoxy groups -OCH3 is 1. The maximum atomic E-state index is 9.61. The van der Waals surface area contributed by atoms with Crippen LogP contribution in [0, 0.1) is 6.92 Å². The molecule has 0 fully saturated rings. The first kappa shape index (κ1) is 14.0. The van der Waals surface area contributed by atoms with Crippen LogP contribution in [0.15, 0.2) is 18.2 Å². The minimum Gasteiger partial charge on any atom is -0.496 e. The summed E-state index contributed by atoms with van der Waals surface area (Å²) >= 11 is 0. The van der Waals surface area contributed by atoms with E-state index in [0.717, 1.165) is 16.9 Å². The summed E-state index contributed by atoms with van der Waals surface area (Å²) in [5, 5.41) is 21.6. The Kier molecular flexibility index (Phi) is 4.93. The van der Waals surface area contributed by atoms with Gasteiger partial charge >= 0.3 is 0 Å². The van der Waals surface area contributed by atoms with Gasteiger partial charge in [-0.25, -0.2) is 0 Å². The van der Waals surface area contributed by atoms with Crippen molar-refractivity contribution in [2.24, 2.45) is 0 Å². The average molecular weight is 239 g/mol. The maximum absolute atomic E-state index is 9.61. The Labute approximate surface area is 102 Å². The number of rotatable bonds is 6. The second-order valence-electron chi connectivity index (χ2n) is 4.56. The van der Waals surface area contributed by atoms with Crippen molar-refractivity contribution in [3.63, 3.8) is 0 Å². The van der Waals surface area contributed by atoms with Gasteiger partial charge in [0.1, 0.15) is 5.75 Å². The van der Waals surface area contributed by atoms with Gasteiger partial charge in [-0.2, -0.15) is 0 Å². The van der Waals surface area contributed by atoms with Crippen LogP contribution < -0.4 is 10.1 Å². The van der Waals surface area contributed by atoms with E-state index in [1.165, 1.54) is 0 Å². The predicted molar refractivity (Wildman–Crippen MR) is 67.1 cm³/mol. The van der Waals surface area contributed by atoms with Crippen LogP contribution in [0.3, 0.4) is 0 Å². The van der Waals surface area contributed by atoms with Gasteiger partial charge in [0, 0.05) is 13.1 Å². The van der Waals surface area contributed by atoms with Gasteiger partial charge in [0.2, 0.25) is 0 Å². The van der Waals surface area contributed by atoms with Crippen molar-refractivity contribution in [3.05, 3.63) is 29.3 Å². The highest BCUT2D eigenvalue weighted by atomic mass is 16.5. The van der Waals surface area contributed by atoms with Crippen LogP contribution in [-0.4, -0.2) is 36.1 Å². The van der Waals surface area contributed by atoms with Crippen molar-refractivity contribution in [3.8, 4) is 5.75 Å². The highest BCUT2D eigenvalue weighted by molar-refractivity contribution is 5.36. The van der Waals surface area contributed by atoms with Crippen LogP contribution in [0.2, 0.25) is 0 Å². The lowest BCUT2D eigenvalue weighted by Crippen LogP contribution is -2.40. The standard InChI is InChI=1S/C13H21NO3/c1-10-6-11(4-5-12(10)17-3)7-14-8-13(2,16)9-15/h4-6,14-16H,7-9H2,1-3H3. The summed E-state index contributed by atoms with van der Waals surface area (Å²) in [6, 6.07) is 5.95. The SMILES string of the molecule is COc1ccc(CNCC(C)(O)CO)cc1C. The number of ether oxygens (including phenoxy) is 1. The molecule has 96 valence electrons. The molecule has 0 heterocycles. The van der Waals surface area contributed by atoms with Gasteiger partial charge in [0.25, 0.3) is 0 Å². The predicted octanol–water partition coefficient (Wildman–Crippen LogP) is 0.837. The molecule has 0 aliphatic carbocycles. The fourth-order valence-electron chi connectivity index (χ4n) is 1.58. The summed E-state index contributed by atoms with van der Waals surface area (Å²) in [5.41, 5.74) is 1.14. The van der Waals surface area contributed by atoms with E-state index in [1.54, 1.807) is 14.0 Å². The lowest BCUT2D eigenvalue weighted by atomic mass is 10.1. The first-order chi connectivity index (χ1) is 7.98. The molecule has 0 saturated heterocycles. The molecule has 4 nitrogen and oxygen atoms in total. The summed E-state index contributed by atoms with van der Waals surface area (Å²) in [6.45, 7) is 4.35. The Bertz CT molecular complexity index is 364. The molecule has 0 radical (unpaired) electrons.